The van der Waals surface area contributed by atoms with E-state index in [0.717, 1.165) is 0 Å². The second-order valence-electron chi connectivity index (χ2n) is 3.76. The molecule has 0 aliphatic heterocycles. The van der Waals surface area contributed by atoms with Gasteiger partial charge in [0.15, 0.2) is 0 Å². The van der Waals surface area contributed by atoms with Gasteiger partial charge in [0, 0.05) is 32.3 Å². The van der Waals surface area contributed by atoms with E-state index >= 15 is 0 Å². The number of nitriles is 1. The molecule has 1 amide bonds. The van der Waals surface area contributed by atoms with Crippen molar-refractivity contribution in [1.82, 2.24) is 10.2 Å². The van der Waals surface area contributed by atoms with Crippen LogP contribution in [0.5, 0.6) is 0 Å². The van der Waals surface area contributed by atoms with Crippen LogP contribution in [0.3, 0.4) is 0 Å². The number of nitrogens with zero attached hydrogens (tertiary/aromatic N) is 2. The van der Waals surface area contributed by atoms with Crippen LogP contribution in [0.4, 0.5) is 0 Å². The zero-order chi connectivity index (χ0) is 14.7. The van der Waals surface area contributed by atoms with E-state index in [2.05, 4.69) is 5.32 Å². The molecule has 0 saturated heterocycles. The van der Waals surface area contributed by atoms with Gasteiger partial charge in [-0.15, -0.1) is 0 Å². The third-order valence-corrected chi connectivity index (χ3v) is 2.32. The Labute approximate surface area is 112 Å². The number of carbonyl (C=O) groups excluding carboxylic acids is 1. The molecule has 106 valence electrons. The Morgan fingerprint density at radius 3 is 2.63 bits per heavy atom. The van der Waals surface area contributed by atoms with Crippen molar-refractivity contribution in [2.24, 2.45) is 0 Å². The second kappa shape index (κ2) is 9.91. The van der Waals surface area contributed by atoms with Gasteiger partial charge in [-0.05, 0) is 13.3 Å². The quantitative estimate of drug-likeness (QED) is 0.300. The van der Waals surface area contributed by atoms with E-state index in [1.165, 1.54) is 6.20 Å². The molecule has 0 unspecified atom stereocenters. The summed E-state index contributed by atoms with van der Waals surface area (Å²) in [4.78, 5) is 23.6. The molecule has 0 heterocycles. The van der Waals surface area contributed by atoms with Crippen LogP contribution in [-0.4, -0.2) is 53.2 Å². The molecule has 0 bridgehead atoms. The number of carboxylic acids is 1. The lowest BCUT2D eigenvalue weighted by atomic mass is 10.2. The minimum atomic E-state index is -0.926. The minimum absolute atomic E-state index is 0.0303. The van der Waals surface area contributed by atoms with E-state index in [1.807, 2.05) is 6.92 Å². The summed E-state index contributed by atoms with van der Waals surface area (Å²) in [7, 11) is 0. The maximum absolute atomic E-state index is 11.6. The average molecular weight is 269 g/mol. The van der Waals surface area contributed by atoms with Crippen LogP contribution in [0, 0.1) is 11.3 Å². The van der Waals surface area contributed by atoms with Gasteiger partial charge in [-0.3, -0.25) is 9.59 Å². The molecule has 0 spiro atoms. The Hall–Kier alpha value is -2.07. The fraction of sp³-hybridized carbons (Fsp3) is 0.583. The molecule has 0 aromatic rings. The number of rotatable bonds is 9. The molecule has 0 fully saturated rings. The van der Waals surface area contributed by atoms with E-state index in [4.69, 9.17) is 15.5 Å². The van der Waals surface area contributed by atoms with Crippen molar-refractivity contribution in [3.63, 3.8) is 0 Å². The topological polar surface area (TPSA) is 114 Å². The Balaban J connectivity index is 4.35. The Bertz CT molecular complexity index is 374. The molecule has 7 heteroatoms. The van der Waals surface area contributed by atoms with Crippen LogP contribution >= 0.6 is 0 Å². The van der Waals surface area contributed by atoms with Crippen molar-refractivity contribution in [3.8, 4) is 6.07 Å². The van der Waals surface area contributed by atoms with Crippen LogP contribution in [0.1, 0.15) is 19.8 Å². The monoisotopic (exact) mass is 269 g/mol. The highest BCUT2D eigenvalue weighted by atomic mass is 16.4. The lowest BCUT2D eigenvalue weighted by Crippen LogP contribution is -2.28. The Kier molecular flexibility index (Phi) is 8.83. The van der Waals surface area contributed by atoms with E-state index in [0.29, 0.717) is 19.5 Å². The van der Waals surface area contributed by atoms with E-state index in [1.54, 1.807) is 11.0 Å². The molecular weight excluding hydrogens is 250 g/mol. The molecule has 0 saturated carbocycles. The van der Waals surface area contributed by atoms with Gasteiger partial charge in [0.2, 0.25) is 0 Å². The number of aliphatic hydroxyl groups excluding tert-OH is 1. The number of hydrogen-bond donors (Lipinski definition) is 3. The Morgan fingerprint density at radius 1 is 1.47 bits per heavy atom. The first kappa shape index (κ1) is 16.9. The van der Waals surface area contributed by atoms with Crippen LogP contribution < -0.4 is 5.32 Å². The number of nitrogens with one attached hydrogen (secondary N) is 1. The van der Waals surface area contributed by atoms with E-state index in [-0.39, 0.29) is 25.1 Å². The first-order valence-corrected chi connectivity index (χ1v) is 6.02. The number of carboxylic acid groups (broad SMARTS) is 1. The van der Waals surface area contributed by atoms with E-state index in [9.17, 15) is 9.59 Å². The third kappa shape index (κ3) is 7.78. The van der Waals surface area contributed by atoms with Gasteiger partial charge in [0.05, 0.1) is 6.61 Å². The van der Waals surface area contributed by atoms with Gasteiger partial charge < -0.3 is 20.4 Å². The summed E-state index contributed by atoms with van der Waals surface area (Å²) in [6.07, 6.45) is 1.67. The zero-order valence-electron chi connectivity index (χ0n) is 10.9. The standard InChI is InChI=1S/C12H19N3O4/c1-2-15(6-7-16)9-10(8-13)12(19)14-5-3-4-11(17)18/h9,16H,2-7H2,1H3,(H,14,19)(H,17,18)/b10-9-. The van der Waals surface area contributed by atoms with Crippen LogP contribution in [0.15, 0.2) is 11.8 Å². The number of aliphatic carboxylic acids is 1. The van der Waals surface area contributed by atoms with E-state index < -0.39 is 11.9 Å². The Morgan fingerprint density at radius 2 is 2.16 bits per heavy atom. The first-order valence-electron chi connectivity index (χ1n) is 6.02. The molecular formula is C12H19N3O4. The highest BCUT2D eigenvalue weighted by molar-refractivity contribution is 5.97. The summed E-state index contributed by atoms with van der Waals surface area (Å²) in [6.45, 7) is 2.89. The van der Waals surface area contributed by atoms with Gasteiger partial charge in [-0.2, -0.15) is 5.26 Å². The number of hydrogen-bond acceptors (Lipinski definition) is 5. The fourth-order valence-electron chi connectivity index (χ4n) is 1.30. The normalized spacial score (nSPS) is 10.7. The highest BCUT2D eigenvalue weighted by Gasteiger charge is 2.10. The summed E-state index contributed by atoms with van der Waals surface area (Å²) in [5.41, 5.74) is -0.0642. The second-order valence-corrected chi connectivity index (χ2v) is 3.76. The predicted molar refractivity (Wildman–Crippen MR) is 67.9 cm³/mol. The maximum Gasteiger partial charge on any atom is 0.303 e. The van der Waals surface area contributed by atoms with Crippen molar-refractivity contribution < 1.29 is 19.8 Å². The lowest BCUT2D eigenvalue weighted by molar-refractivity contribution is -0.137. The average Bonchev–Trinajstić information content (AvgIpc) is 2.39. The molecule has 0 radical (unpaired) electrons. The summed E-state index contributed by atoms with van der Waals surface area (Å²) in [5.74, 6) is -1.46. The van der Waals surface area contributed by atoms with Gasteiger partial charge in [0.1, 0.15) is 11.6 Å². The van der Waals surface area contributed by atoms with Gasteiger partial charge in [0.25, 0.3) is 5.91 Å². The molecule has 0 aromatic heterocycles. The van der Waals surface area contributed by atoms with Crippen molar-refractivity contribution in [2.45, 2.75) is 19.8 Å². The molecule has 0 rings (SSSR count). The van der Waals surface area contributed by atoms with Crippen molar-refractivity contribution in [1.29, 1.82) is 5.26 Å². The van der Waals surface area contributed by atoms with Crippen molar-refractivity contribution in [3.05, 3.63) is 11.8 Å². The SMILES string of the molecule is CCN(/C=C(/C#N)C(=O)NCCCC(=O)O)CCO. The van der Waals surface area contributed by atoms with Crippen LogP contribution in [0.2, 0.25) is 0 Å². The zero-order valence-corrected chi connectivity index (χ0v) is 10.9. The summed E-state index contributed by atoms with van der Waals surface area (Å²) < 4.78 is 0. The van der Waals surface area contributed by atoms with Crippen LogP contribution in [0.25, 0.3) is 0 Å². The molecule has 0 atom stereocenters. The summed E-state index contributed by atoms with van der Waals surface area (Å²) >= 11 is 0. The largest absolute Gasteiger partial charge is 0.481 e. The minimum Gasteiger partial charge on any atom is -0.481 e. The fourth-order valence-corrected chi connectivity index (χ4v) is 1.30. The van der Waals surface area contributed by atoms with Gasteiger partial charge >= 0.3 is 5.97 Å². The predicted octanol–water partition coefficient (Wildman–Crippen LogP) is -0.311. The number of aliphatic hydroxyl groups is 1. The number of likely N-dealkylation sites (N-methyl/N-ethyl adjacent to an activating group) is 1. The van der Waals surface area contributed by atoms with Crippen molar-refractivity contribution in [2.75, 3.05) is 26.2 Å². The maximum atomic E-state index is 11.6. The molecule has 0 aromatic carbocycles. The smallest absolute Gasteiger partial charge is 0.303 e. The molecule has 0 aliphatic carbocycles. The molecule has 7 nitrogen and oxygen atoms in total. The van der Waals surface area contributed by atoms with Crippen molar-refractivity contribution >= 4 is 11.9 Å². The third-order valence-electron chi connectivity index (χ3n) is 2.32. The molecule has 19 heavy (non-hydrogen) atoms. The lowest BCUT2D eigenvalue weighted by Gasteiger charge is -2.16. The highest BCUT2D eigenvalue weighted by Crippen LogP contribution is 1.98. The summed E-state index contributed by atoms with van der Waals surface area (Å²) in [5, 5.41) is 28.6. The number of amides is 1. The van der Waals surface area contributed by atoms with Gasteiger partial charge in [-0.1, -0.05) is 0 Å². The van der Waals surface area contributed by atoms with Crippen LogP contribution in [-0.2, 0) is 9.59 Å². The summed E-state index contributed by atoms with van der Waals surface area (Å²) in [6, 6.07) is 1.78. The van der Waals surface area contributed by atoms with Gasteiger partial charge in [-0.25, -0.2) is 0 Å². The first-order chi connectivity index (χ1) is 9.04. The number of carbonyl (C=O) groups is 2. The molecule has 3 N–H and O–H groups in total. The molecule has 0 aliphatic rings.